The molecule has 36 heavy (non-hydrogen) atoms. The third-order valence-electron chi connectivity index (χ3n) is 7.77. The summed E-state index contributed by atoms with van der Waals surface area (Å²) in [7, 11) is 0. The van der Waals surface area contributed by atoms with Crippen LogP contribution in [-0.4, -0.2) is 59.0 Å². The van der Waals surface area contributed by atoms with Gasteiger partial charge >= 0.3 is 6.36 Å². The van der Waals surface area contributed by atoms with E-state index in [-0.39, 0.29) is 23.8 Å². The van der Waals surface area contributed by atoms with Crippen LogP contribution in [0.3, 0.4) is 0 Å². The third-order valence-corrected chi connectivity index (χ3v) is 8.05. The largest absolute Gasteiger partial charge is 0.573 e. The highest BCUT2D eigenvalue weighted by Crippen LogP contribution is 2.44. The van der Waals surface area contributed by atoms with Gasteiger partial charge in [-0.05, 0) is 68.7 Å². The van der Waals surface area contributed by atoms with E-state index in [4.69, 9.17) is 11.6 Å². The number of aliphatic hydroxyl groups is 1. The topological polar surface area (TPSA) is 65.9 Å². The fraction of sp³-hybridized carbons (Fsp3) is 0.538. The average molecular weight is 524 g/mol. The molecule has 194 valence electrons. The molecule has 0 radical (unpaired) electrons. The van der Waals surface area contributed by atoms with Crippen LogP contribution in [0.2, 0.25) is 5.02 Å². The van der Waals surface area contributed by atoms with Crippen molar-refractivity contribution in [2.75, 3.05) is 24.5 Å². The van der Waals surface area contributed by atoms with Gasteiger partial charge in [-0.1, -0.05) is 23.7 Å². The normalized spacial score (nSPS) is 27.1. The summed E-state index contributed by atoms with van der Waals surface area (Å²) < 4.78 is 41.2. The minimum Gasteiger partial charge on any atom is -0.406 e. The molecule has 6 nitrogen and oxygen atoms in total. The summed E-state index contributed by atoms with van der Waals surface area (Å²) in [6.45, 7) is 2.06. The number of benzene rings is 1. The first-order valence-corrected chi connectivity index (χ1v) is 12.8. The number of amides is 1. The van der Waals surface area contributed by atoms with Gasteiger partial charge in [0.25, 0.3) is 0 Å². The van der Waals surface area contributed by atoms with Gasteiger partial charge in [0.05, 0.1) is 16.5 Å². The summed E-state index contributed by atoms with van der Waals surface area (Å²) in [6, 6.07) is 7.53. The molecule has 1 aromatic carbocycles. The Labute approximate surface area is 213 Å². The number of piperidine rings is 1. The molecule has 10 heteroatoms. The molecule has 1 aromatic heterocycles. The smallest absolute Gasteiger partial charge is 0.406 e. The van der Waals surface area contributed by atoms with E-state index in [0.717, 1.165) is 58.0 Å². The maximum atomic E-state index is 13.6. The molecule has 1 atom stereocenters. The Morgan fingerprint density at radius 1 is 1.06 bits per heavy atom. The van der Waals surface area contributed by atoms with Crippen LogP contribution in [0.4, 0.5) is 19.0 Å². The Kier molecular flexibility index (Phi) is 6.80. The summed E-state index contributed by atoms with van der Waals surface area (Å²) in [5.41, 5.74) is 0.906. The molecular weight excluding hydrogens is 495 g/mol. The lowest BCUT2D eigenvalue weighted by Crippen LogP contribution is -2.50. The molecule has 2 aromatic rings. The molecule has 1 N–H and O–H groups in total. The summed E-state index contributed by atoms with van der Waals surface area (Å²) in [5, 5.41) is 10.3. The second-order valence-corrected chi connectivity index (χ2v) is 10.5. The Hall–Kier alpha value is -2.52. The Morgan fingerprint density at radius 2 is 1.78 bits per heavy atom. The van der Waals surface area contributed by atoms with Gasteiger partial charge in [-0.3, -0.25) is 4.79 Å². The SMILES string of the molecule is O=C1N([C@H]2CC[C@H](O)CC2)CCC12CCCN(c1ncc(-c3ccc(OC(F)(F)F)cc3)cc1Cl)C2. The number of aliphatic hydroxyl groups excluding tert-OH is 1. The highest BCUT2D eigenvalue weighted by molar-refractivity contribution is 6.33. The summed E-state index contributed by atoms with van der Waals surface area (Å²) in [6.07, 6.45) is 2.38. The van der Waals surface area contributed by atoms with Crippen LogP contribution in [0, 0.1) is 5.41 Å². The predicted octanol–water partition coefficient (Wildman–Crippen LogP) is 5.42. The van der Waals surface area contributed by atoms with Gasteiger partial charge in [0.2, 0.25) is 5.91 Å². The number of carbonyl (C=O) groups excluding carboxylic acids is 1. The fourth-order valence-corrected chi connectivity index (χ4v) is 6.21. The summed E-state index contributed by atoms with van der Waals surface area (Å²) >= 11 is 6.63. The van der Waals surface area contributed by atoms with Crippen LogP contribution >= 0.6 is 11.6 Å². The number of hydrogen-bond donors (Lipinski definition) is 1. The molecule has 3 fully saturated rings. The van der Waals surface area contributed by atoms with E-state index in [1.54, 1.807) is 12.3 Å². The van der Waals surface area contributed by atoms with Crippen LogP contribution in [0.1, 0.15) is 44.9 Å². The number of nitrogens with zero attached hydrogens (tertiary/aromatic N) is 3. The maximum Gasteiger partial charge on any atom is 0.573 e. The zero-order valence-corrected chi connectivity index (χ0v) is 20.6. The number of ether oxygens (including phenoxy) is 1. The number of carbonyl (C=O) groups is 1. The van der Waals surface area contributed by atoms with Crippen molar-refractivity contribution >= 4 is 23.3 Å². The summed E-state index contributed by atoms with van der Waals surface area (Å²) in [5.74, 6) is 0.534. The summed E-state index contributed by atoms with van der Waals surface area (Å²) in [4.78, 5) is 22.3. The van der Waals surface area contributed by atoms with Gasteiger partial charge in [-0.15, -0.1) is 13.2 Å². The van der Waals surface area contributed by atoms with Crippen molar-refractivity contribution in [1.82, 2.24) is 9.88 Å². The second-order valence-electron chi connectivity index (χ2n) is 10.1. The van der Waals surface area contributed by atoms with Crippen molar-refractivity contribution in [3.63, 3.8) is 0 Å². The molecule has 1 amide bonds. The van der Waals surface area contributed by atoms with E-state index in [0.29, 0.717) is 28.5 Å². The molecule has 1 spiro atoms. The third kappa shape index (κ3) is 5.13. The first-order valence-electron chi connectivity index (χ1n) is 12.4. The molecule has 1 saturated carbocycles. The highest BCUT2D eigenvalue weighted by atomic mass is 35.5. The van der Waals surface area contributed by atoms with Crippen molar-refractivity contribution in [2.24, 2.45) is 5.41 Å². The van der Waals surface area contributed by atoms with Crippen LogP contribution < -0.4 is 9.64 Å². The number of halogens is 4. The Balaban J connectivity index is 1.29. The van der Waals surface area contributed by atoms with Crippen molar-refractivity contribution in [3.8, 4) is 16.9 Å². The van der Waals surface area contributed by atoms with E-state index in [1.807, 2.05) is 4.90 Å². The van der Waals surface area contributed by atoms with Crippen molar-refractivity contribution < 1.29 is 27.8 Å². The number of rotatable bonds is 4. The van der Waals surface area contributed by atoms with Crippen LogP contribution in [-0.2, 0) is 4.79 Å². The number of hydrogen-bond acceptors (Lipinski definition) is 5. The van der Waals surface area contributed by atoms with Crippen molar-refractivity contribution in [2.45, 2.75) is 63.5 Å². The van der Waals surface area contributed by atoms with Gasteiger partial charge < -0.3 is 19.6 Å². The lowest BCUT2D eigenvalue weighted by atomic mass is 9.78. The van der Waals surface area contributed by atoms with Crippen LogP contribution in [0.5, 0.6) is 5.75 Å². The zero-order chi connectivity index (χ0) is 25.5. The van der Waals surface area contributed by atoms with Gasteiger partial charge in [0.15, 0.2) is 0 Å². The van der Waals surface area contributed by atoms with E-state index in [1.165, 1.54) is 24.3 Å². The van der Waals surface area contributed by atoms with Gasteiger partial charge in [0, 0.05) is 37.4 Å². The molecule has 1 unspecified atom stereocenters. The fourth-order valence-electron chi connectivity index (χ4n) is 5.93. The van der Waals surface area contributed by atoms with E-state index in [9.17, 15) is 23.1 Å². The highest BCUT2D eigenvalue weighted by Gasteiger charge is 2.51. The number of likely N-dealkylation sites (tertiary alicyclic amines) is 1. The van der Waals surface area contributed by atoms with E-state index in [2.05, 4.69) is 14.6 Å². The van der Waals surface area contributed by atoms with Gasteiger partial charge in [-0.25, -0.2) is 4.98 Å². The monoisotopic (exact) mass is 523 g/mol. The Bertz CT molecular complexity index is 1110. The molecule has 3 aliphatic rings. The second kappa shape index (κ2) is 9.74. The Morgan fingerprint density at radius 3 is 2.44 bits per heavy atom. The molecule has 2 saturated heterocycles. The number of pyridine rings is 1. The lowest BCUT2D eigenvalue weighted by Gasteiger charge is -2.41. The lowest BCUT2D eigenvalue weighted by molar-refractivity contribution is -0.274. The molecule has 3 heterocycles. The number of anilines is 1. The maximum absolute atomic E-state index is 13.6. The van der Waals surface area contributed by atoms with Crippen LogP contribution in [0.15, 0.2) is 36.5 Å². The standard InChI is InChI=1S/C26H29ClF3N3O3/c27-22-14-18(17-2-8-21(9-3-17)36-26(28,29)30)15-31-23(22)32-12-1-10-25(16-32)11-13-33(24(25)35)19-4-6-20(34)7-5-19/h2-3,8-9,14-15,19-20,34H,1,4-7,10-13,16H2/t19-,20-,25?. The first kappa shape index (κ1) is 25.1. The number of alkyl halides is 3. The van der Waals surface area contributed by atoms with E-state index >= 15 is 0 Å². The predicted molar refractivity (Wildman–Crippen MR) is 130 cm³/mol. The van der Waals surface area contributed by atoms with Gasteiger partial charge in [-0.2, -0.15) is 0 Å². The molecular formula is C26H29ClF3N3O3. The minimum atomic E-state index is -4.74. The minimum absolute atomic E-state index is 0.211. The van der Waals surface area contributed by atoms with Crippen molar-refractivity contribution in [3.05, 3.63) is 41.6 Å². The number of aromatic nitrogens is 1. The molecule has 5 rings (SSSR count). The van der Waals surface area contributed by atoms with Gasteiger partial charge in [0.1, 0.15) is 11.6 Å². The molecule has 2 aliphatic heterocycles. The van der Waals surface area contributed by atoms with E-state index < -0.39 is 11.8 Å². The van der Waals surface area contributed by atoms with Crippen LogP contribution in [0.25, 0.3) is 11.1 Å². The molecule has 1 aliphatic carbocycles. The first-order chi connectivity index (χ1) is 17.1. The quantitative estimate of drug-likeness (QED) is 0.579. The molecule has 0 bridgehead atoms. The van der Waals surface area contributed by atoms with Crippen molar-refractivity contribution in [1.29, 1.82) is 0 Å². The average Bonchev–Trinajstić information content (AvgIpc) is 3.14. The zero-order valence-electron chi connectivity index (χ0n) is 19.8.